The Balaban J connectivity index is 1.47. The first-order chi connectivity index (χ1) is 15.9. The molecule has 0 saturated carbocycles. The highest BCUT2D eigenvalue weighted by atomic mass is 35.5. The molecule has 3 aromatic carbocycles. The van der Waals surface area contributed by atoms with Gasteiger partial charge in [-0.2, -0.15) is 0 Å². The molecule has 0 radical (unpaired) electrons. The number of hydrogen-bond acceptors (Lipinski definition) is 6. The van der Waals surface area contributed by atoms with E-state index in [0.29, 0.717) is 22.7 Å². The molecule has 0 spiro atoms. The highest BCUT2D eigenvalue weighted by molar-refractivity contribution is 6.53. The smallest absolute Gasteiger partial charge is 0.343 e. The van der Waals surface area contributed by atoms with Crippen LogP contribution in [0.15, 0.2) is 83.5 Å². The first kappa shape index (κ1) is 22.4. The molecular weight excluding hydrogens is 467 g/mol. The van der Waals surface area contributed by atoms with E-state index in [1.807, 2.05) is 0 Å². The first-order valence-electron chi connectivity index (χ1n) is 9.65. The predicted molar refractivity (Wildman–Crippen MR) is 125 cm³/mol. The van der Waals surface area contributed by atoms with Crippen LogP contribution in [-0.4, -0.2) is 24.9 Å². The minimum atomic E-state index is -0.683. The van der Waals surface area contributed by atoms with Crippen molar-refractivity contribution in [2.45, 2.75) is 0 Å². The average molecular weight is 483 g/mol. The van der Waals surface area contributed by atoms with Crippen molar-refractivity contribution in [3.63, 3.8) is 0 Å². The molecule has 1 heterocycles. The van der Waals surface area contributed by atoms with Crippen molar-refractivity contribution in [3.8, 4) is 11.5 Å². The molecule has 1 N–H and O–H groups in total. The SMILES string of the molecule is COc1ccc(OC(=O)c2ccc(NC3=C(Cl)C(=O)N(c4ccccc4Cl)C3=O)cc2)cc1. The van der Waals surface area contributed by atoms with Crippen LogP contribution in [0.3, 0.4) is 0 Å². The number of esters is 1. The molecule has 166 valence electrons. The molecule has 0 saturated heterocycles. The number of nitrogens with zero attached hydrogens (tertiary/aromatic N) is 1. The highest BCUT2D eigenvalue weighted by Gasteiger charge is 2.39. The van der Waals surface area contributed by atoms with E-state index in [4.69, 9.17) is 32.7 Å². The maximum Gasteiger partial charge on any atom is 0.343 e. The first-order valence-corrected chi connectivity index (χ1v) is 10.4. The molecule has 0 aliphatic carbocycles. The Labute approximate surface area is 199 Å². The quantitative estimate of drug-likeness (QED) is 0.302. The second kappa shape index (κ2) is 9.36. The number of para-hydroxylation sites is 1. The van der Waals surface area contributed by atoms with Crippen LogP contribution in [0.2, 0.25) is 5.02 Å². The van der Waals surface area contributed by atoms with E-state index in [9.17, 15) is 14.4 Å². The van der Waals surface area contributed by atoms with Gasteiger partial charge in [-0.3, -0.25) is 9.59 Å². The van der Waals surface area contributed by atoms with Gasteiger partial charge in [-0.1, -0.05) is 35.3 Å². The molecule has 33 heavy (non-hydrogen) atoms. The van der Waals surface area contributed by atoms with E-state index in [2.05, 4.69) is 5.32 Å². The van der Waals surface area contributed by atoms with E-state index < -0.39 is 17.8 Å². The summed E-state index contributed by atoms with van der Waals surface area (Å²) in [4.78, 5) is 38.7. The number of carbonyl (C=O) groups excluding carboxylic acids is 3. The Morgan fingerprint density at radius 3 is 2.12 bits per heavy atom. The Hall–Kier alpha value is -3.81. The van der Waals surface area contributed by atoms with Crippen molar-refractivity contribution >= 4 is 52.4 Å². The highest BCUT2D eigenvalue weighted by Crippen LogP contribution is 2.34. The van der Waals surface area contributed by atoms with Crippen molar-refractivity contribution < 1.29 is 23.9 Å². The van der Waals surface area contributed by atoms with Crippen LogP contribution in [0.4, 0.5) is 11.4 Å². The van der Waals surface area contributed by atoms with Gasteiger partial charge in [-0.05, 0) is 60.7 Å². The number of carbonyl (C=O) groups is 3. The van der Waals surface area contributed by atoms with Crippen LogP contribution in [-0.2, 0) is 9.59 Å². The standard InChI is InChI=1S/C24H16Cl2N2O5/c1-32-16-10-12-17(13-11-16)33-24(31)14-6-8-15(9-7-14)27-21-20(26)22(29)28(23(21)30)19-5-3-2-4-18(19)25/h2-13,27H,1H3. The fourth-order valence-electron chi connectivity index (χ4n) is 3.11. The van der Waals surface area contributed by atoms with Gasteiger partial charge in [0.1, 0.15) is 22.2 Å². The number of methoxy groups -OCH3 is 1. The molecule has 0 fully saturated rings. The molecule has 1 aliphatic heterocycles. The summed E-state index contributed by atoms with van der Waals surface area (Å²) in [5.74, 6) is -0.861. The minimum absolute atomic E-state index is 0.0878. The topological polar surface area (TPSA) is 84.9 Å². The van der Waals surface area contributed by atoms with Crippen LogP contribution >= 0.6 is 23.2 Å². The number of benzene rings is 3. The van der Waals surface area contributed by atoms with Gasteiger partial charge in [-0.25, -0.2) is 9.69 Å². The fraction of sp³-hybridized carbons (Fsp3) is 0.0417. The number of nitrogens with one attached hydrogen (secondary N) is 1. The van der Waals surface area contributed by atoms with Crippen LogP contribution in [0.25, 0.3) is 0 Å². The van der Waals surface area contributed by atoms with Gasteiger partial charge in [0.2, 0.25) is 0 Å². The molecule has 3 aromatic rings. The van der Waals surface area contributed by atoms with Crippen molar-refractivity contribution in [2.75, 3.05) is 17.3 Å². The molecule has 4 rings (SSSR count). The minimum Gasteiger partial charge on any atom is -0.497 e. The number of amides is 2. The number of imide groups is 1. The fourth-order valence-corrected chi connectivity index (χ4v) is 3.54. The summed E-state index contributed by atoms with van der Waals surface area (Å²) >= 11 is 12.3. The zero-order valence-electron chi connectivity index (χ0n) is 17.2. The van der Waals surface area contributed by atoms with Gasteiger partial charge in [0.15, 0.2) is 0 Å². The van der Waals surface area contributed by atoms with Gasteiger partial charge in [0.05, 0.1) is 23.4 Å². The van der Waals surface area contributed by atoms with Crippen molar-refractivity contribution in [2.24, 2.45) is 0 Å². The Kier molecular flexibility index (Phi) is 6.35. The number of rotatable bonds is 6. The van der Waals surface area contributed by atoms with Gasteiger partial charge in [-0.15, -0.1) is 0 Å². The lowest BCUT2D eigenvalue weighted by atomic mass is 10.2. The summed E-state index contributed by atoms with van der Waals surface area (Å²) in [6, 6.07) is 19.2. The zero-order chi connectivity index (χ0) is 23.5. The molecule has 9 heteroatoms. The maximum absolute atomic E-state index is 12.9. The normalized spacial score (nSPS) is 13.4. The number of anilines is 2. The summed E-state index contributed by atoms with van der Waals surface area (Å²) in [5, 5.41) is 2.82. The second-order valence-corrected chi connectivity index (χ2v) is 7.64. The maximum atomic E-state index is 12.9. The predicted octanol–water partition coefficient (Wildman–Crippen LogP) is 5.00. The van der Waals surface area contributed by atoms with Crippen molar-refractivity contribution in [1.82, 2.24) is 0 Å². The molecule has 7 nitrogen and oxygen atoms in total. The van der Waals surface area contributed by atoms with Gasteiger partial charge >= 0.3 is 5.97 Å². The van der Waals surface area contributed by atoms with E-state index in [0.717, 1.165) is 4.90 Å². The lowest BCUT2D eigenvalue weighted by molar-refractivity contribution is -0.120. The summed E-state index contributed by atoms with van der Waals surface area (Å²) in [5.41, 5.74) is 0.894. The molecular formula is C24H16Cl2N2O5. The molecule has 0 bridgehead atoms. The largest absolute Gasteiger partial charge is 0.497 e. The summed E-state index contributed by atoms with van der Waals surface area (Å²) in [6.45, 7) is 0. The van der Waals surface area contributed by atoms with E-state index in [-0.39, 0.29) is 21.4 Å². The van der Waals surface area contributed by atoms with E-state index >= 15 is 0 Å². The number of hydrogen-bond donors (Lipinski definition) is 1. The number of ether oxygens (including phenoxy) is 2. The lowest BCUT2D eigenvalue weighted by Gasteiger charge is -2.16. The van der Waals surface area contributed by atoms with E-state index in [1.165, 1.54) is 12.1 Å². The van der Waals surface area contributed by atoms with Gasteiger partial charge in [0.25, 0.3) is 11.8 Å². The Bertz CT molecular complexity index is 1270. The van der Waals surface area contributed by atoms with Crippen LogP contribution < -0.4 is 19.7 Å². The van der Waals surface area contributed by atoms with E-state index in [1.54, 1.807) is 67.8 Å². The molecule has 1 aliphatic rings. The van der Waals surface area contributed by atoms with Gasteiger partial charge in [0, 0.05) is 5.69 Å². The summed E-state index contributed by atoms with van der Waals surface area (Å²) < 4.78 is 10.4. The third-order valence-electron chi connectivity index (χ3n) is 4.78. The van der Waals surface area contributed by atoms with Crippen LogP contribution in [0, 0.1) is 0 Å². The lowest BCUT2D eigenvalue weighted by Crippen LogP contribution is -2.32. The molecule has 2 amide bonds. The second-order valence-electron chi connectivity index (χ2n) is 6.85. The van der Waals surface area contributed by atoms with Crippen LogP contribution in [0.1, 0.15) is 10.4 Å². The Morgan fingerprint density at radius 1 is 0.848 bits per heavy atom. The zero-order valence-corrected chi connectivity index (χ0v) is 18.7. The summed E-state index contributed by atoms with van der Waals surface area (Å²) in [7, 11) is 1.54. The van der Waals surface area contributed by atoms with Crippen LogP contribution in [0.5, 0.6) is 11.5 Å². The average Bonchev–Trinajstić information content (AvgIpc) is 3.03. The molecule has 0 unspecified atom stereocenters. The molecule has 0 atom stereocenters. The summed E-state index contributed by atoms with van der Waals surface area (Å²) in [6.07, 6.45) is 0. The van der Waals surface area contributed by atoms with Gasteiger partial charge < -0.3 is 14.8 Å². The third kappa shape index (κ3) is 4.55. The molecule has 0 aromatic heterocycles. The monoisotopic (exact) mass is 482 g/mol. The van der Waals surface area contributed by atoms with Crippen molar-refractivity contribution in [3.05, 3.63) is 94.1 Å². The Morgan fingerprint density at radius 2 is 1.48 bits per heavy atom. The number of halogens is 2. The third-order valence-corrected chi connectivity index (χ3v) is 5.45. The van der Waals surface area contributed by atoms with Crippen molar-refractivity contribution in [1.29, 1.82) is 0 Å².